The molecule has 1 aliphatic heterocycles. The van der Waals surface area contributed by atoms with Gasteiger partial charge in [0.1, 0.15) is 0 Å². The molecule has 2 aliphatic rings. The van der Waals surface area contributed by atoms with Crippen LogP contribution in [0.15, 0.2) is 11.4 Å². The van der Waals surface area contributed by atoms with Crippen LogP contribution < -0.4 is 5.73 Å². The monoisotopic (exact) mass is 306 g/mol. The van der Waals surface area contributed by atoms with E-state index in [4.69, 9.17) is 5.73 Å². The average molecular weight is 307 g/mol. The van der Waals surface area contributed by atoms with Gasteiger partial charge >= 0.3 is 0 Å². The van der Waals surface area contributed by atoms with Gasteiger partial charge in [0.2, 0.25) is 0 Å². The third-order valence-electron chi connectivity index (χ3n) is 6.07. The fraction of sp³-hybridized carbons (Fsp3) is 0.778. The molecule has 0 aromatic carbocycles. The molecule has 2 nitrogen and oxygen atoms in total. The average Bonchev–Trinajstić information content (AvgIpc) is 2.97. The molecule has 0 radical (unpaired) electrons. The van der Waals surface area contributed by atoms with Crippen LogP contribution in [0.4, 0.5) is 0 Å². The standard InChI is InChI=1S/C18H30N2S/c1-13(2)16-6-4-5-9-18(16,12-19)20-10-7-17-15(14(20)3)8-11-21-17/h8,11,13-14,16H,4-7,9-10,12,19H2,1-3H3. The van der Waals surface area contributed by atoms with Crippen LogP contribution in [0, 0.1) is 11.8 Å². The smallest absolute Gasteiger partial charge is 0.0368 e. The number of thiophene rings is 1. The summed E-state index contributed by atoms with van der Waals surface area (Å²) >= 11 is 1.93. The minimum atomic E-state index is 0.228. The summed E-state index contributed by atoms with van der Waals surface area (Å²) in [5.41, 5.74) is 8.21. The van der Waals surface area contributed by atoms with Gasteiger partial charge in [0.25, 0.3) is 0 Å². The molecule has 1 saturated carbocycles. The summed E-state index contributed by atoms with van der Waals surface area (Å²) in [5.74, 6) is 1.48. The van der Waals surface area contributed by atoms with E-state index in [0.29, 0.717) is 6.04 Å². The molecular weight excluding hydrogens is 276 g/mol. The zero-order valence-electron chi connectivity index (χ0n) is 13.8. The molecule has 0 saturated heterocycles. The van der Waals surface area contributed by atoms with E-state index in [9.17, 15) is 0 Å². The molecule has 2 heterocycles. The molecule has 118 valence electrons. The van der Waals surface area contributed by atoms with E-state index < -0.39 is 0 Å². The molecule has 1 aromatic heterocycles. The minimum Gasteiger partial charge on any atom is -0.329 e. The second kappa shape index (κ2) is 6.02. The Labute approximate surface area is 133 Å². The van der Waals surface area contributed by atoms with Gasteiger partial charge in [0.15, 0.2) is 0 Å². The molecular formula is C18H30N2S. The topological polar surface area (TPSA) is 29.3 Å². The molecule has 1 aromatic rings. The summed E-state index contributed by atoms with van der Waals surface area (Å²) in [7, 11) is 0. The summed E-state index contributed by atoms with van der Waals surface area (Å²) in [4.78, 5) is 4.38. The normalized spacial score (nSPS) is 34.1. The first kappa shape index (κ1) is 15.5. The van der Waals surface area contributed by atoms with Crippen LogP contribution in [0.3, 0.4) is 0 Å². The molecule has 0 bridgehead atoms. The highest BCUT2D eigenvalue weighted by Crippen LogP contribution is 2.47. The minimum absolute atomic E-state index is 0.228. The molecule has 2 N–H and O–H groups in total. The van der Waals surface area contributed by atoms with Gasteiger partial charge < -0.3 is 5.73 Å². The lowest BCUT2D eigenvalue weighted by atomic mass is 9.66. The molecule has 1 aliphatic carbocycles. The second-order valence-corrected chi connectivity index (χ2v) is 8.32. The van der Waals surface area contributed by atoms with Crippen molar-refractivity contribution in [3.05, 3.63) is 21.9 Å². The second-order valence-electron chi connectivity index (χ2n) is 7.32. The van der Waals surface area contributed by atoms with E-state index >= 15 is 0 Å². The fourth-order valence-corrected chi connectivity index (χ4v) is 6.01. The Morgan fingerprint density at radius 3 is 2.95 bits per heavy atom. The number of hydrogen-bond acceptors (Lipinski definition) is 3. The van der Waals surface area contributed by atoms with Crippen molar-refractivity contribution >= 4 is 11.3 Å². The molecule has 0 spiro atoms. The molecule has 3 unspecified atom stereocenters. The van der Waals surface area contributed by atoms with E-state index in [2.05, 4.69) is 37.1 Å². The third-order valence-corrected chi connectivity index (χ3v) is 7.07. The number of nitrogens with two attached hydrogens (primary N) is 1. The van der Waals surface area contributed by atoms with Crippen LogP contribution in [0.2, 0.25) is 0 Å². The zero-order valence-corrected chi connectivity index (χ0v) is 14.6. The maximum Gasteiger partial charge on any atom is 0.0368 e. The highest BCUT2D eigenvalue weighted by molar-refractivity contribution is 7.10. The Bertz CT molecular complexity index is 481. The molecule has 21 heavy (non-hydrogen) atoms. The highest BCUT2D eigenvalue weighted by Gasteiger charge is 2.48. The summed E-state index contributed by atoms with van der Waals surface area (Å²) in [6.07, 6.45) is 6.59. The van der Waals surface area contributed by atoms with E-state index in [1.54, 1.807) is 10.4 Å². The van der Waals surface area contributed by atoms with E-state index in [1.807, 2.05) is 11.3 Å². The van der Waals surface area contributed by atoms with Crippen molar-refractivity contribution < 1.29 is 0 Å². The van der Waals surface area contributed by atoms with Gasteiger partial charge in [-0.05, 0) is 55.0 Å². The van der Waals surface area contributed by atoms with Gasteiger partial charge in [-0.25, -0.2) is 0 Å². The van der Waals surface area contributed by atoms with E-state index in [-0.39, 0.29) is 5.54 Å². The Kier molecular flexibility index (Phi) is 4.45. The van der Waals surface area contributed by atoms with Crippen molar-refractivity contribution in [2.75, 3.05) is 13.1 Å². The third kappa shape index (κ3) is 2.47. The number of rotatable bonds is 3. The first-order valence-corrected chi connectivity index (χ1v) is 9.51. The first-order valence-electron chi connectivity index (χ1n) is 8.63. The Morgan fingerprint density at radius 2 is 2.24 bits per heavy atom. The maximum absolute atomic E-state index is 6.42. The number of nitrogens with zero attached hydrogens (tertiary/aromatic N) is 1. The lowest BCUT2D eigenvalue weighted by Gasteiger charge is -2.56. The molecule has 3 rings (SSSR count). The van der Waals surface area contributed by atoms with Gasteiger partial charge in [-0.1, -0.05) is 26.7 Å². The predicted molar refractivity (Wildman–Crippen MR) is 91.7 cm³/mol. The summed E-state index contributed by atoms with van der Waals surface area (Å²) in [6, 6.07) is 2.87. The van der Waals surface area contributed by atoms with E-state index in [0.717, 1.165) is 18.4 Å². The summed E-state index contributed by atoms with van der Waals surface area (Å²) < 4.78 is 0. The van der Waals surface area contributed by atoms with Crippen LogP contribution in [0.1, 0.15) is 62.9 Å². The quantitative estimate of drug-likeness (QED) is 0.906. The Hall–Kier alpha value is -0.380. The number of hydrogen-bond donors (Lipinski definition) is 1. The number of fused-ring (bicyclic) bond motifs is 1. The van der Waals surface area contributed by atoms with Gasteiger partial charge in [-0.15, -0.1) is 11.3 Å². The lowest BCUT2D eigenvalue weighted by Crippen LogP contribution is -2.62. The van der Waals surface area contributed by atoms with Crippen molar-refractivity contribution in [1.82, 2.24) is 4.90 Å². The molecule has 1 fully saturated rings. The fourth-order valence-electron chi connectivity index (χ4n) is 5.05. The van der Waals surface area contributed by atoms with Crippen LogP contribution in [-0.4, -0.2) is 23.5 Å². The molecule has 0 amide bonds. The van der Waals surface area contributed by atoms with Crippen molar-refractivity contribution in [2.24, 2.45) is 17.6 Å². The van der Waals surface area contributed by atoms with E-state index in [1.165, 1.54) is 38.6 Å². The van der Waals surface area contributed by atoms with Crippen molar-refractivity contribution in [1.29, 1.82) is 0 Å². The zero-order chi connectivity index (χ0) is 15.0. The maximum atomic E-state index is 6.42. The largest absolute Gasteiger partial charge is 0.329 e. The van der Waals surface area contributed by atoms with Crippen molar-refractivity contribution in [3.8, 4) is 0 Å². The van der Waals surface area contributed by atoms with Crippen LogP contribution in [0.5, 0.6) is 0 Å². The summed E-state index contributed by atoms with van der Waals surface area (Å²) in [5, 5.41) is 2.26. The van der Waals surface area contributed by atoms with Crippen LogP contribution in [-0.2, 0) is 6.42 Å². The predicted octanol–water partition coefficient (Wildman–Crippen LogP) is 4.21. The lowest BCUT2D eigenvalue weighted by molar-refractivity contribution is -0.0413. The Balaban J connectivity index is 1.95. The highest BCUT2D eigenvalue weighted by atomic mass is 32.1. The van der Waals surface area contributed by atoms with Crippen molar-refractivity contribution in [3.63, 3.8) is 0 Å². The van der Waals surface area contributed by atoms with Gasteiger partial charge in [0, 0.05) is 29.5 Å². The summed E-state index contributed by atoms with van der Waals surface area (Å²) in [6.45, 7) is 9.19. The molecule has 3 atom stereocenters. The first-order chi connectivity index (χ1) is 10.1. The van der Waals surface area contributed by atoms with Gasteiger partial charge in [-0.2, -0.15) is 0 Å². The Morgan fingerprint density at radius 1 is 1.43 bits per heavy atom. The van der Waals surface area contributed by atoms with Crippen LogP contribution in [0.25, 0.3) is 0 Å². The van der Waals surface area contributed by atoms with Crippen LogP contribution >= 0.6 is 11.3 Å². The SMILES string of the molecule is CC(C)C1CCCCC1(CN)N1CCc2sccc2C1C. The van der Waals surface area contributed by atoms with Gasteiger partial charge in [-0.3, -0.25) is 4.90 Å². The van der Waals surface area contributed by atoms with Gasteiger partial charge in [0.05, 0.1) is 0 Å². The van der Waals surface area contributed by atoms with Crippen molar-refractivity contribution in [2.45, 2.75) is 64.5 Å². The molecule has 3 heteroatoms.